The molecular weight excluding hydrogens is 370 g/mol. The van der Waals surface area contributed by atoms with Crippen LogP contribution in [0.5, 0.6) is 0 Å². The Hall–Kier alpha value is -2.59. The normalized spacial score (nSPS) is 22.1. The summed E-state index contributed by atoms with van der Waals surface area (Å²) in [4.78, 5) is 20.1. The predicted octanol–water partition coefficient (Wildman–Crippen LogP) is 4.39. The summed E-state index contributed by atoms with van der Waals surface area (Å²) in [6.45, 7) is 4.02. The van der Waals surface area contributed by atoms with E-state index in [0.717, 1.165) is 50.3 Å². The lowest BCUT2D eigenvalue weighted by Crippen LogP contribution is -2.55. The van der Waals surface area contributed by atoms with Crippen LogP contribution in [-0.4, -0.2) is 62.0 Å². The SMILES string of the molecule is CN(C)c1cccc(C(=O)N2CCC[C@@H]3CN(CC=Cc4ccccc4)CC[C@H]32)c1. The van der Waals surface area contributed by atoms with Crippen LogP contribution in [0.15, 0.2) is 60.7 Å². The Bertz CT molecular complexity index is 877. The minimum atomic E-state index is 0.200. The van der Waals surface area contributed by atoms with Gasteiger partial charge in [-0.25, -0.2) is 0 Å². The molecule has 2 heterocycles. The van der Waals surface area contributed by atoms with E-state index >= 15 is 0 Å². The maximum Gasteiger partial charge on any atom is 0.254 e. The number of likely N-dealkylation sites (tertiary alicyclic amines) is 2. The number of anilines is 1. The van der Waals surface area contributed by atoms with Crippen molar-refractivity contribution in [2.24, 2.45) is 5.92 Å². The van der Waals surface area contributed by atoms with Gasteiger partial charge in [-0.3, -0.25) is 9.69 Å². The van der Waals surface area contributed by atoms with Crippen molar-refractivity contribution >= 4 is 17.7 Å². The molecule has 1 amide bonds. The zero-order valence-corrected chi connectivity index (χ0v) is 18.2. The van der Waals surface area contributed by atoms with Crippen LogP contribution < -0.4 is 4.90 Å². The minimum Gasteiger partial charge on any atom is -0.378 e. The number of benzene rings is 2. The average Bonchev–Trinajstić information content (AvgIpc) is 2.79. The first kappa shape index (κ1) is 20.7. The second-order valence-corrected chi connectivity index (χ2v) is 8.77. The van der Waals surface area contributed by atoms with Crippen molar-refractivity contribution in [1.82, 2.24) is 9.80 Å². The third kappa shape index (κ3) is 4.76. The van der Waals surface area contributed by atoms with E-state index in [9.17, 15) is 4.79 Å². The Balaban J connectivity index is 1.38. The van der Waals surface area contributed by atoms with Crippen LogP contribution in [0.2, 0.25) is 0 Å². The van der Waals surface area contributed by atoms with Crippen LogP contribution in [0.4, 0.5) is 5.69 Å². The molecule has 0 saturated carbocycles. The van der Waals surface area contributed by atoms with Crippen LogP contribution in [0.25, 0.3) is 6.08 Å². The number of piperidine rings is 2. The molecule has 0 radical (unpaired) electrons. The highest BCUT2D eigenvalue weighted by atomic mass is 16.2. The van der Waals surface area contributed by atoms with Gasteiger partial charge >= 0.3 is 0 Å². The zero-order valence-electron chi connectivity index (χ0n) is 18.2. The quantitative estimate of drug-likeness (QED) is 0.741. The standard InChI is InChI=1S/C26H33N3O/c1-27(2)24-14-6-12-22(19-24)26(30)29-17-8-13-23-20-28(18-15-25(23)29)16-7-11-21-9-4-3-5-10-21/h3-7,9-12,14,19,23,25H,8,13,15-18,20H2,1-2H3/t23-,25-/m1/s1. The number of nitrogens with zero attached hydrogens (tertiary/aromatic N) is 3. The monoisotopic (exact) mass is 403 g/mol. The topological polar surface area (TPSA) is 26.8 Å². The van der Waals surface area contributed by atoms with E-state index in [-0.39, 0.29) is 5.91 Å². The van der Waals surface area contributed by atoms with Crippen LogP contribution in [0.3, 0.4) is 0 Å². The summed E-state index contributed by atoms with van der Waals surface area (Å²) < 4.78 is 0. The van der Waals surface area contributed by atoms with Crippen LogP contribution in [0, 0.1) is 5.92 Å². The van der Waals surface area contributed by atoms with E-state index in [1.54, 1.807) is 0 Å². The molecule has 2 aliphatic rings. The number of carbonyl (C=O) groups excluding carboxylic acids is 1. The first-order valence-electron chi connectivity index (χ1n) is 11.1. The van der Waals surface area contributed by atoms with E-state index in [1.807, 2.05) is 32.3 Å². The summed E-state index contributed by atoms with van der Waals surface area (Å²) in [5, 5.41) is 0. The van der Waals surface area contributed by atoms with Gasteiger partial charge in [0.2, 0.25) is 0 Å². The van der Waals surface area contributed by atoms with Gasteiger partial charge in [-0.05, 0) is 48.9 Å². The van der Waals surface area contributed by atoms with Gasteiger partial charge in [0.1, 0.15) is 0 Å². The molecule has 4 rings (SSSR count). The summed E-state index contributed by atoms with van der Waals surface area (Å²) in [5.41, 5.74) is 3.14. The summed E-state index contributed by atoms with van der Waals surface area (Å²) in [7, 11) is 4.03. The van der Waals surface area contributed by atoms with Gasteiger partial charge in [0.05, 0.1) is 0 Å². The lowest BCUT2D eigenvalue weighted by atomic mass is 9.83. The molecule has 2 fully saturated rings. The highest BCUT2D eigenvalue weighted by molar-refractivity contribution is 5.95. The Morgan fingerprint density at radius 1 is 1.07 bits per heavy atom. The van der Waals surface area contributed by atoms with Crippen molar-refractivity contribution in [3.05, 3.63) is 71.8 Å². The highest BCUT2D eigenvalue weighted by Crippen LogP contribution is 2.32. The van der Waals surface area contributed by atoms with Gasteiger partial charge in [-0.15, -0.1) is 0 Å². The molecule has 2 aromatic carbocycles. The fraction of sp³-hybridized carbons (Fsp3) is 0.423. The van der Waals surface area contributed by atoms with E-state index in [4.69, 9.17) is 0 Å². The van der Waals surface area contributed by atoms with Crippen molar-refractivity contribution in [3.63, 3.8) is 0 Å². The van der Waals surface area contributed by atoms with Gasteiger partial charge in [-0.2, -0.15) is 0 Å². The molecule has 158 valence electrons. The molecule has 0 aromatic heterocycles. The van der Waals surface area contributed by atoms with E-state index < -0.39 is 0 Å². The Labute approximate surface area is 180 Å². The van der Waals surface area contributed by atoms with Gasteiger partial charge < -0.3 is 9.80 Å². The first-order valence-corrected chi connectivity index (χ1v) is 11.1. The maximum atomic E-state index is 13.3. The average molecular weight is 404 g/mol. The second-order valence-electron chi connectivity index (χ2n) is 8.77. The summed E-state index contributed by atoms with van der Waals surface area (Å²) in [5.74, 6) is 0.782. The fourth-order valence-corrected chi connectivity index (χ4v) is 4.88. The van der Waals surface area contributed by atoms with Gasteiger partial charge in [-0.1, -0.05) is 48.6 Å². The summed E-state index contributed by atoms with van der Waals surface area (Å²) in [6.07, 6.45) is 7.89. The number of hydrogen-bond acceptors (Lipinski definition) is 3. The Morgan fingerprint density at radius 2 is 1.90 bits per heavy atom. The molecule has 4 heteroatoms. The Kier molecular flexibility index (Phi) is 6.53. The summed E-state index contributed by atoms with van der Waals surface area (Å²) >= 11 is 0. The number of hydrogen-bond donors (Lipinski definition) is 0. The molecule has 2 atom stereocenters. The zero-order chi connectivity index (χ0) is 20.9. The molecule has 2 aliphatic heterocycles. The molecule has 2 saturated heterocycles. The van der Waals surface area contributed by atoms with Crippen molar-refractivity contribution in [2.45, 2.75) is 25.3 Å². The minimum absolute atomic E-state index is 0.200. The number of amides is 1. The summed E-state index contributed by atoms with van der Waals surface area (Å²) in [6, 6.07) is 18.9. The molecule has 0 spiro atoms. The van der Waals surface area contributed by atoms with E-state index in [0.29, 0.717) is 12.0 Å². The van der Waals surface area contributed by atoms with Crippen molar-refractivity contribution in [2.75, 3.05) is 45.2 Å². The molecule has 0 N–H and O–H groups in total. The van der Waals surface area contributed by atoms with Gasteiger partial charge in [0, 0.05) is 57.6 Å². The van der Waals surface area contributed by atoms with Crippen LogP contribution >= 0.6 is 0 Å². The third-order valence-corrected chi connectivity index (χ3v) is 6.50. The smallest absolute Gasteiger partial charge is 0.254 e. The maximum absolute atomic E-state index is 13.3. The predicted molar refractivity (Wildman–Crippen MR) is 125 cm³/mol. The van der Waals surface area contributed by atoms with Gasteiger partial charge in [0.25, 0.3) is 5.91 Å². The van der Waals surface area contributed by atoms with Crippen LogP contribution in [-0.2, 0) is 0 Å². The van der Waals surface area contributed by atoms with Crippen molar-refractivity contribution in [1.29, 1.82) is 0 Å². The third-order valence-electron chi connectivity index (χ3n) is 6.50. The lowest BCUT2D eigenvalue weighted by Gasteiger charge is -2.47. The molecule has 2 aromatic rings. The molecule has 4 nitrogen and oxygen atoms in total. The first-order chi connectivity index (χ1) is 14.6. The molecule has 30 heavy (non-hydrogen) atoms. The fourth-order valence-electron chi connectivity index (χ4n) is 4.88. The molecule has 0 aliphatic carbocycles. The molecule has 0 unspecified atom stereocenters. The number of rotatable bonds is 5. The van der Waals surface area contributed by atoms with E-state index in [2.05, 4.69) is 63.2 Å². The highest BCUT2D eigenvalue weighted by Gasteiger charge is 2.38. The van der Waals surface area contributed by atoms with Crippen LogP contribution in [0.1, 0.15) is 35.2 Å². The Morgan fingerprint density at radius 3 is 2.70 bits per heavy atom. The second kappa shape index (κ2) is 9.48. The number of carbonyl (C=O) groups is 1. The van der Waals surface area contributed by atoms with E-state index in [1.165, 1.54) is 12.0 Å². The largest absolute Gasteiger partial charge is 0.378 e. The number of fused-ring (bicyclic) bond motifs is 1. The van der Waals surface area contributed by atoms with Gasteiger partial charge in [0.15, 0.2) is 0 Å². The molecule has 0 bridgehead atoms. The van der Waals surface area contributed by atoms with Crippen molar-refractivity contribution < 1.29 is 4.79 Å². The lowest BCUT2D eigenvalue weighted by molar-refractivity contribution is 0.0226. The van der Waals surface area contributed by atoms with Crippen molar-refractivity contribution in [3.8, 4) is 0 Å². The molecular formula is C26H33N3O.